The maximum atomic E-state index is 12.6. The lowest BCUT2D eigenvalue weighted by Crippen LogP contribution is -2.55. The van der Waals surface area contributed by atoms with E-state index in [-0.39, 0.29) is 24.6 Å². The summed E-state index contributed by atoms with van der Waals surface area (Å²) in [5.74, 6) is 0. The summed E-state index contributed by atoms with van der Waals surface area (Å²) < 4.78 is 33.9. The second-order valence-corrected chi connectivity index (χ2v) is 6.95. The lowest BCUT2D eigenvalue weighted by Gasteiger charge is -2.38. The Morgan fingerprint density at radius 1 is 1.21 bits per heavy atom. The molecule has 2 rings (SSSR count). The second kappa shape index (κ2) is 7.19. The predicted octanol–water partition coefficient (Wildman–Crippen LogP) is 0.0575. The van der Waals surface area contributed by atoms with Crippen LogP contribution in [0.3, 0.4) is 0 Å². The van der Waals surface area contributed by atoms with Gasteiger partial charge in [0, 0.05) is 32.2 Å². The first kappa shape index (κ1) is 17.1. The summed E-state index contributed by atoms with van der Waals surface area (Å²) in [5.41, 5.74) is 0. The number of nitrogens with zero attached hydrogens (tertiary/aromatic N) is 2. The summed E-state index contributed by atoms with van der Waals surface area (Å²) in [6.45, 7) is 7.53. The van der Waals surface area contributed by atoms with Crippen molar-refractivity contribution in [3.63, 3.8) is 0 Å². The second-order valence-electron chi connectivity index (χ2n) is 5.07. The fourth-order valence-corrected chi connectivity index (χ4v) is 4.29. The molecule has 0 radical (unpaired) electrons. The van der Waals surface area contributed by atoms with Crippen LogP contribution in [0.1, 0.15) is 20.3 Å². The third-order valence-corrected chi connectivity index (χ3v) is 5.59. The maximum Gasteiger partial charge on any atom is 0.282 e. The molecule has 2 heterocycles. The van der Waals surface area contributed by atoms with Crippen molar-refractivity contribution in [1.29, 1.82) is 0 Å². The number of ether oxygens (including phenoxy) is 1. The Kier molecular flexibility index (Phi) is 6.49. The van der Waals surface area contributed by atoms with Gasteiger partial charge in [-0.2, -0.15) is 17.0 Å². The van der Waals surface area contributed by atoms with Crippen LogP contribution in [0, 0.1) is 0 Å². The largest absolute Gasteiger partial charge is 0.375 e. The Balaban J connectivity index is 0.00000180. The van der Waals surface area contributed by atoms with Gasteiger partial charge in [0.25, 0.3) is 10.2 Å². The Hall–Kier alpha value is 0.0800. The summed E-state index contributed by atoms with van der Waals surface area (Å²) >= 11 is 0. The quantitative estimate of drug-likeness (QED) is 0.783. The molecule has 6 nitrogen and oxygen atoms in total. The van der Waals surface area contributed by atoms with Crippen LogP contribution in [-0.4, -0.2) is 68.5 Å². The molecule has 2 saturated heterocycles. The first-order chi connectivity index (χ1) is 8.51. The summed E-state index contributed by atoms with van der Waals surface area (Å²) in [6.07, 6.45) is 0.842. The third-order valence-electron chi connectivity index (χ3n) is 3.47. The summed E-state index contributed by atoms with van der Waals surface area (Å²) in [7, 11) is -3.34. The topological polar surface area (TPSA) is 61.9 Å². The molecule has 0 aromatic rings. The molecule has 0 saturated carbocycles. The fourth-order valence-electron chi connectivity index (χ4n) is 2.39. The fraction of sp³-hybridized carbons (Fsp3) is 1.00. The molecule has 0 aromatic heterocycles. The molecule has 0 bridgehead atoms. The minimum absolute atomic E-state index is 0. The molecule has 1 N–H and O–H groups in total. The van der Waals surface area contributed by atoms with Gasteiger partial charge in [0.2, 0.25) is 0 Å². The SMILES string of the molecule is CC1CN(S(=O)(=O)N2CCCNCC2)C(C)CO1.Cl. The lowest BCUT2D eigenvalue weighted by atomic mass is 10.2. The Morgan fingerprint density at radius 3 is 2.68 bits per heavy atom. The zero-order chi connectivity index (χ0) is 13.2. The van der Waals surface area contributed by atoms with Crippen LogP contribution >= 0.6 is 12.4 Å². The minimum Gasteiger partial charge on any atom is -0.375 e. The van der Waals surface area contributed by atoms with Gasteiger partial charge in [-0.25, -0.2) is 0 Å². The van der Waals surface area contributed by atoms with E-state index in [0.717, 1.165) is 19.5 Å². The van der Waals surface area contributed by atoms with Crippen molar-refractivity contribution in [2.75, 3.05) is 39.3 Å². The molecular formula is C11H24ClN3O3S. The van der Waals surface area contributed by atoms with E-state index in [2.05, 4.69) is 5.32 Å². The van der Waals surface area contributed by atoms with Crippen LogP contribution < -0.4 is 5.32 Å². The average Bonchev–Trinajstić information content (AvgIpc) is 2.61. The van der Waals surface area contributed by atoms with Crippen LogP contribution in [0.4, 0.5) is 0 Å². The van der Waals surface area contributed by atoms with Crippen molar-refractivity contribution in [3.05, 3.63) is 0 Å². The van der Waals surface area contributed by atoms with Crippen molar-refractivity contribution in [1.82, 2.24) is 13.9 Å². The van der Waals surface area contributed by atoms with Gasteiger partial charge in [-0.1, -0.05) is 0 Å². The number of morpholine rings is 1. The molecule has 0 aliphatic carbocycles. The zero-order valence-corrected chi connectivity index (χ0v) is 13.2. The van der Waals surface area contributed by atoms with Gasteiger partial charge in [0.1, 0.15) is 0 Å². The van der Waals surface area contributed by atoms with Crippen LogP contribution in [0.15, 0.2) is 0 Å². The highest BCUT2D eigenvalue weighted by molar-refractivity contribution is 7.86. The van der Waals surface area contributed by atoms with E-state index in [0.29, 0.717) is 26.2 Å². The van der Waals surface area contributed by atoms with Gasteiger partial charge in [0.05, 0.1) is 12.7 Å². The number of hydrogen-bond donors (Lipinski definition) is 1. The van der Waals surface area contributed by atoms with Crippen molar-refractivity contribution in [3.8, 4) is 0 Å². The molecule has 2 atom stereocenters. The highest BCUT2D eigenvalue weighted by Crippen LogP contribution is 2.19. The zero-order valence-electron chi connectivity index (χ0n) is 11.5. The molecule has 8 heteroatoms. The first-order valence-electron chi connectivity index (χ1n) is 6.61. The molecule has 2 aliphatic heterocycles. The molecular weight excluding hydrogens is 290 g/mol. The molecule has 19 heavy (non-hydrogen) atoms. The Labute approximate surface area is 122 Å². The van der Waals surface area contributed by atoms with Crippen molar-refractivity contribution in [2.45, 2.75) is 32.4 Å². The van der Waals surface area contributed by atoms with Crippen molar-refractivity contribution in [2.24, 2.45) is 0 Å². The van der Waals surface area contributed by atoms with E-state index < -0.39 is 10.2 Å². The van der Waals surface area contributed by atoms with Gasteiger partial charge >= 0.3 is 0 Å². The highest BCUT2D eigenvalue weighted by atomic mass is 35.5. The molecule has 2 fully saturated rings. The molecule has 2 unspecified atom stereocenters. The van der Waals surface area contributed by atoms with Gasteiger partial charge < -0.3 is 10.1 Å². The van der Waals surface area contributed by atoms with Crippen LogP contribution in [0.2, 0.25) is 0 Å². The standard InChI is InChI=1S/C11H23N3O3S.ClH/c1-10-9-17-11(2)8-14(10)18(15,16)13-6-3-4-12-5-7-13;/h10-12H,3-9H2,1-2H3;1H. The highest BCUT2D eigenvalue weighted by Gasteiger charge is 2.36. The maximum absolute atomic E-state index is 12.6. The average molecular weight is 314 g/mol. The molecule has 0 spiro atoms. The summed E-state index contributed by atoms with van der Waals surface area (Å²) in [5, 5.41) is 3.22. The van der Waals surface area contributed by atoms with Gasteiger partial charge in [-0.3, -0.25) is 0 Å². The normalized spacial score (nSPS) is 31.5. The number of hydrogen-bond acceptors (Lipinski definition) is 4. The molecule has 0 amide bonds. The van der Waals surface area contributed by atoms with E-state index in [1.54, 1.807) is 8.61 Å². The number of rotatable bonds is 2. The van der Waals surface area contributed by atoms with E-state index in [9.17, 15) is 8.42 Å². The van der Waals surface area contributed by atoms with Crippen LogP contribution in [-0.2, 0) is 14.9 Å². The van der Waals surface area contributed by atoms with Crippen molar-refractivity contribution >= 4 is 22.6 Å². The Morgan fingerprint density at radius 2 is 1.95 bits per heavy atom. The smallest absolute Gasteiger partial charge is 0.282 e. The lowest BCUT2D eigenvalue weighted by molar-refractivity contribution is -0.0190. The van der Waals surface area contributed by atoms with Gasteiger partial charge in [-0.05, 0) is 26.8 Å². The minimum atomic E-state index is -3.34. The third kappa shape index (κ3) is 4.03. The number of nitrogens with one attached hydrogen (secondary N) is 1. The molecule has 2 aliphatic rings. The summed E-state index contributed by atoms with van der Waals surface area (Å²) in [4.78, 5) is 0. The molecule has 114 valence electrons. The predicted molar refractivity (Wildman–Crippen MR) is 76.8 cm³/mol. The molecule has 0 aromatic carbocycles. The van der Waals surface area contributed by atoms with E-state index in [4.69, 9.17) is 4.74 Å². The van der Waals surface area contributed by atoms with Crippen LogP contribution in [0.5, 0.6) is 0 Å². The number of halogens is 1. The van der Waals surface area contributed by atoms with Gasteiger partial charge in [-0.15, -0.1) is 12.4 Å². The van der Waals surface area contributed by atoms with E-state index in [1.807, 2.05) is 13.8 Å². The van der Waals surface area contributed by atoms with E-state index >= 15 is 0 Å². The monoisotopic (exact) mass is 313 g/mol. The van der Waals surface area contributed by atoms with Crippen LogP contribution in [0.25, 0.3) is 0 Å². The summed E-state index contributed by atoms with van der Waals surface area (Å²) in [6, 6.07) is -0.0811. The Bertz CT molecular complexity index is 371. The first-order valence-corrected chi connectivity index (χ1v) is 8.01. The van der Waals surface area contributed by atoms with Crippen molar-refractivity contribution < 1.29 is 13.2 Å². The van der Waals surface area contributed by atoms with Gasteiger partial charge in [0.15, 0.2) is 0 Å². The van der Waals surface area contributed by atoms with E-state index in [1.165, 1.54) is 0 Å².